The van der Waals surface area contributed by atoms with Crippen LogP contribution < -0.4 is 0 Å². The highest BCUT2D eigenvalue weighted by Gasteiger charge is 2.21. The molecule has 0 spiro atoms. The number of rotatable bonds is 14. The van der Waals surface area contributed by atoms with Crippen molar-refractivity contribution in [3.8, 4) is 0 Å². The summed E-state index contributed by atoms with van der Waals surface area (Å²) in [6.45, 7) is 1.66. The number of amides is 2. The smallest absolute Gasteiger partial charge is 0.269 e. The van der Waals surface area contributed by atoms with E-state index < -0.39 is 4.92 Å². The summed E-state index contributed by atoms with van der Waals surface area (Å²) in [6.07, 6.45) is 6.22. The molecule has 0 aliphatic heterocycles. The summed E-state index contributed by atoms with van der Waals surface area (Å²) in [4.78, 5) is 44.0. The molecule has 1 aromatic heterocycles. The van der Waals surface area contributed by atoms with Crippen molar-refractivity contribution >= 4 is 34.5 Å². The standard InChI is InChI=1S/C32H34N4O5/c1-41-21-7-19-34(31(37)17-14-25-12-15-28(16-13-25)36(39)40)24-32(38)35(23-26-8-3-2-4-9-26)20-18-27-22-33-30-11-6-5-10-29(27)30/h2-6,8-17,22,33H,7,18-21,23-24H2,1H3/b17-14+. The highest BCUT2D eigenvalue weighted by Crippen LogP contribution is 2.19. The van der Waals surface area contributed by atoms with Gasteiger partial charge in [0.2, 0.25) is 11.8 Å². The maximum atomic E-state index is 13.7. The summed E-state index contributed by atoms with van der Waals surface area (Å²) < 4.78 is 5.17. The fourth-order valence-electron chi connectivity index (χ4n) is 4.60. The quantitative estimate of drug-likeness (QED) is 0.0994. The Labute approximate surface area is 239 Å². The average molecular weight is 555 g/mol. The van der Waals surface area contributed by atoms with E-state index in [1.54, 1.807) is 30.2 Å². The summed E-state index contributed by atoms with van der Waals surface area (Å²) in [6, 6.07) is 23.8. The molecular formula is C32H34N4O5. The molecule has 9 nitrogen and oxygen atoms in total. The van der Waals surface area contributed by atoms with Crippen LogP contribution in [0.4, 0.5) is 5.69 Å². The predicted octanol–water partition coefficient (Wildman–Crippen LogP) is 5.23. The van der Waals surface area contributed by atoms with Crippen LogP contribution >= 0.6 is 0 Å². The van der Waals surface area contributed by atoms with Crippen molar-refractivity contribution in [3.63, 3.8) is 0 Å². The molecular weight excluding hydrogens is 520 g/mol. The second kappa shape index (κ2) is 14.6. The van der Waals surface area contributed by atoms with E-state index in [1.807, 2.05) is 54.7 Å². The average Bonchev–Trinajstić information content (AvgIpc) is 3.41. The Morgan fingerprint density at radius 3 is 2.41 bits per heavy atom. The number of methoxy groups -OCH3 is 1. The third-order valence-electron chi connectivity index (χ3n) is 6.83. The third kappa shape index (κ3) is 8.36. The molecule has 0 unspecified atom stereocenters. The summed E-state index contributed by atoms with van der Waals surface area (Å²) in [7, 11) is 1.60. The number of nitro benzene ring substituents is 1. The van der Waals surface area contributed by atoms with E-state index in [0.717, 1.165) is 22.0 Å². The molecule has 1 N–H and O–H groups in total. The number of non-ortho nitro benzene ring substituents is 1. The maximum absolute atomic E-state index is 13.7. The van der Waals surface area contributed by atoms with Gasteiger partial charge in [0.15, 0.2) is 0 Å². The molecule has 4 aromatic rings. The SMILES string of the molecule is COCCCN(CC(=O)N(CCc1c[nH]c2ccccc12)Cc1ccccc1)C(=O)/C=C/c1ccc([N+](=O)[O-])cc1. The molecule has 212 valence electrons. The van der Waals surface area contributed by atoms with Crippen LogP contribution in [-0.2, 0) is 27.3 Å². The number of aromatic amines is 1. The first kappa shape index (κ1) is 29.2. The Bertz CT molecular complexity index is 1480. The van der Waals surface area contributed by atoms with E-state index in [0.29, 0.717) is 44.6 Å². The van der Waals surface area contributed by atoms with Crippen molar-refractivity contribution < 1.29 is 19.2 Å². The topological polar surface area (TPSA) is 109 Å². The summed E-state index contributed by atoms with van der Waals surface area (Å²) in [5, 5.41) is 12.0. The van der Waals surface area contributed by atoms with E-state index in [-0.39, 0.29) is 24.0 Å². The highest BCUT2D eigenvalue weighted by molar-refractivity contribution is 5.94. The molecule has 1 heterocycles. The van der Waals surface area contributed by atoms with Crippen molar-refractivity contribution in [1.82, 2.24) is 14.8 Å². The number of hydrogen-bond donors (Lipinski definition) is 1. The van der Waals surface area contributed by atoms with Crippen LogP contribution in [0.3, 0.4) is 0 Å². The van der Waals surface area contributed by atoms with Crippen molar-refractivity contribution in [2.45, 2.75) is 19.4 Å². The van der Waals surface area contributed by atoms with E-state index in [4.69, 9.17) is 4.74 Å². The largest absolute Gasteiger partial charge is 0.385 e. The van der Waals surface area contributed by atoms with Gasteiger partial charge in [-0.05, 0) is 53.8 Å². The number of aromatic nitrogens is 1. The minimum atomic E-state index is -0.471. The Morgan fingerprint density at radius 2 is 1.68 bits per heavy atom. The Morgan fingerprint density at radius 1 is 0.951 bits per heavy atom. The van der Waals surface area contributed by atoms with Gasteiger partial charge in [0, 0.05) is 68.7 Å². The number of nitrogens with zero attached hydrogens (tertiary/aromatic N) is 3. The number of H-pyrrole nitrogens is 1. The number of carbonyl (C=O) groups excluding carboxylic acids is 2. The van der Waals surface area contributed by atoms with Crippen molar-refractivity contribution in [1.29, 1.82) is 0 Å². The second-order valence-electron chi connectivity index (χ2n) is 9.70. The first-order valence-corrected chi connectivity index (χ1v) is 13.5. The van der Waals surface area contributed by atoms with Crippen molar-refractivity contribution in [2.24, 2.45) is 0 Å². The third-order valence-corrected chi connectivity index (χ3v) is 6.83. The van der Waals surface area contributed by atoms with Crippen LogP contribution in [0.2, 0.25) is 0 Å². The first-order valence-electron chi connectivity index (χ1n) is 13.5. The molecule has 9 heteroatoms. The number of ether oxygens (including phenoxy) is 1. The lowest BCUT2D eigenvalue weighted by molar-refractivity contribution is -0.384. The molecule has 0 saturated carbocycles. The molecule has 0 atom stereocenters. The first-order chi connectivity index (χ1) is 19.9. The molecule has 0 bridgehead atoms. The molecule has 0 fully saturated rings. The maximum Gasteiger partial charge on any atom is 0.269 e. The van der Waals surface area contributed by atoms with Gasteiger partial charge in [-0.15, -0.1) is 0 Å². The zero-order chi connectivity index (χ0) is 29.0. The monoisotopic (exact) mass is 554 g/mol. The van der Waals surface area contributed by atoms with Gasteiger partial charge >= 0.3 is 0 Å². The zero-order valence-corrected chi connectivity index (χ0v) is 23.1. The zero-order valence-electron chi connectivity index (χ0n) is 23.1. The van der Waals surface area contributed by atoms with Crippen molar-refractivity contribution in [2.75, 3.05) is 33.4 Å². The Hall–Kier alpha value is -4.76. The Balaban J connectivity index is 1.49. The van der Waals surface area contributed by atoms with E-state index in [2.05, 4.69) is 11.1 Å². The number of para-hydroxylation sites is 1. The molecule has 2 amide bonds. The van der Waals surface area contributed by atoms with Gasteiger partial charge in [-0.25, -0.2) is 0 Å². The van der Waals surface area contributed by atoms with E-state index in [9.17, 15) is 19.7 Å². The van der Waals surface area contributed by atoms with Gasteiger partial charge in [-0.2, -0.15) is 0 Å². The summed E-state index contributed by atoms with van der Waals surface area (Å²) in [5.41, 5.74) is 3.82. The molecule has 0 aliphatic rings. The molecule has 0 radical (unpaired) electrons. The van der Waals surface area contributed by atoms with Crippen molar-refractivity contribution in [3.05, 3.63) is 118 Å². The number of carbonyl (C=O) groups is 2. The van der Waals surface area contributed by atoms with Gasteiger partial charge in [0.25, 0.3) is 5.69 Å². The lowest BCUT2D eigenvalue weighted by Gasteiger charge is -2.27. The van der Waals surface area contributed by atoms with Crippen LogP contribution in [-0.4, -0.2) is 64.9 Å². The normalized spacial score (nSPS) is 11.1. The molecule has 0 saturated heterocycles. The van der Waals surface area contributed by atoms with Crippen LogP contribution in [0.1, 0.15) is 23.1 Å². The number of nitro groups is 1. The number of hydrogen-bond acceptors (Lipinski definition) is 5. The van der Waals surface area contributed by atoms with Crippen LogP contribution in [0.15, 0.2) is 91.1 Å². The van der Waals surface area contributed by atoms with E-state index >= 15 is 0 Å². The summed E-state index contributed by atoms with van der Waals surface area (Å²) >= 11 is 0. The predicted molar refractivity (Wildman–Crippen MR) is 159 cm³/mol. The molecule has 3 aromatic carbocycles. The Kier molecular flexibility index (Phi) is 10.4. The molecule has 4 rings (SSSR count). The summed E-state index contributed by atoms with van der Waals surface area (Å²) in [5.74, 6) is -0.465. The number of fused-ring (bicyclic) bond motifs is 1. The minimum absolute atomic E-state index is 0.0218. The molecule has 41 heavy (non-hydrogen) atoms. The number of benzene rings is 3. The van der Waals surface area contributed by atoms with Crippen LogP contribution in [0.25, 0.3) is 17.0 Å². The van der Waals surface area contributed by atoms with Gasteiger partial charge in [-0.3, -0.25) is 19.7 Å². The van der Waals surface area contributed by atoms with Gasteiger partial charge < -0.3 is 19.5 Å². The second-order valence-corrected chi connectivity index (χ2v) is 9.70. The van der Waals surface area contributed by atoms with Gasteiger partial charge in [0.1, 0.15) is 6.54 Å². The van der Waals surface area contributed by atoms with E-state index in [1.165, 1.54) is 23.1 Å². The highest BCUT2D eigenvalue weighted by atomic mass is 16.6. The lowest BCUT2D eigenvalue weighted by Crippen LogP contribution is -2.43. The molecule has 0 aliphatic carbocycles. The fraction of sp³-hybridized carbons (Fsp3) is 0.250. The van der Waals surface area contributed by atoms with Gasteiger partial charge in [-0.1, -0.05) is 48.5 Å². The van der Waals surface area contributed by atoms with Crippen LogP contribution in [0, 0.1) is 10.1 Å². The fourth-order valence-corrected chi connectivity index (χ4v) is 4.60. The minimum Gasteiger partial charge on any atom is -0.385 e. The van der Waals surface area contributed by atoms with Gasteiger partial charge in [0.05, 0.1) is 4.92 Å². The van der Waals surface area contributed by atoms with Crippen LogP contribution in [0.5, 0.6) is 0 Å². The number of nitrogens with one attached hydrogen (secondary N) is 1. The lowest BCUT2D eigenvalue weighted by atomic mass is 10.1.